The summed E-state index contributed by atoms with van der Waals surface area (Å²) in [6.45, 7) is 6.37. The van der Waals surface area contributed by atoms with Crippen LogP contribution in [0.5, 0.6) is 5.75 Å². The first-order valence-corrected chi connectivity index (χ1v) is 19.2. The van der Waals surface area contributed by atoms with Gasteiger partial charge < -0.3 is 50.2 Å². The van der Waals surface area contributed by atoms with Gasteiger partial charge in [-0.3, -0.25) is 19.4 Å². The summed E-state index contributed by atoms with van der Waals surface area (Å²) in [7, 11) is 0. The van der Waals surface area contributed by atoms with E-state index in [1.54, 1.807) is 48.8 Å². The lowest BCUT2D eigenvalue weighted by molar-refractivity contribution is -0.135. The van der Waals surface area contributed by atoms with E-state index in [0.717, 1.165) is 11.1 Å². The number of aliphatic hydroxyl groups excluding tert-OH is 1. The number of ether oxygens (including phenoxy) is 4. The number of carbonyl (C=O) groups excluding carboxylic acids is 3. The maximum atomic E-state index is 12.9. The number of pyridine rings is 2. The molecule has 6 N–H and O–H groups in total. The van der Waals surface area contributed by atoms with Crippen LogP contribution in [0.1, 0.15) is 36.3 Å². The Morgan fingerprint density at radius 1 is 0.845 bits per heavy atom. The number of nitrogens with one attached hydrogen (secondary N) is 3. The van der Waals surface area contributed by atoms with Crippen molar-refractivity contribution in [1.29, 1.82) is 0 Å². The quantitative estimate of drug-likeness (QED) is 0.0565. The Hall–Kier alpha value is -5.78. The number of benzene rings is 2. The van der Waals surface area contributed by atoms with Gasteiger partial charge in [0.15, 0.2) is 5.58 Å². The minimum absolute atomic E-state index is 0.122. The van der Waals surface area contributed by atoms with Crippen LogP contribution in [0.3, 0.4) is 0 Å². The monoisotopic (exact) mass is 797 g/mol. The summed E-state index contributed by atoms with van der Waals surface area (Å²) in [5.74, 6) is -0.365. The van der Waals surface area contributed by atoms with Crippen LogP contribution < -0.4 is 26.4 Å². The first kappa shape index (κ1) is 43.3. The molecular weight excluding hydrogens is 747 g/mol. The number of nitrogens with two attached hydrogens (primary N) is 1. The van der Waals surface area contributed by atoms with Crippen molar-refractivity contribution >= 4 is 34.5 Å². The third-order valence-corrected chi connectivity index (χ3v) is 8.64. The SMILES string of the molecule is CC(C)CC(NC(=O)C(O)C(N)Cc1ccccc1)C(=O)NCCOCCOCCOCCOc1ccc(C(=O)Nc2ccc3oc(-c4cccnc4)nc3c2)nc1. The molecule has 308 valence electrons. The molecular formula is C42H51N7O9. The summed E-state index contributed by atoms with van der Waals surface area (Å²) in [6.07, 6.45) is 4.08. The van der Waals surface area contributed by atoms with E-state index in [-0.39, 0.29) is 43.2 Å². The number of carbonyl (C=O) groups is 3. The van der Waals surface area contributed by atoms with Gasteiger partial charge in [0.05, 0.1) is 51.4 Å². The lowest BCUT2D eigenvalue weighted by Gasteiger charge is -2.24. The van der Waals surface area contributed by atoms with Crippen molar-refractivity contribution in [1.82, 2.24) is 25.6 Å². The largest absolute Gasteiger partial charge is 0.490 e. The minimum atomic E-state index is -1.46. The predicted octanol–water partition coefficient (Wildman–Crippen LogP) is 3.54. The molecule has 3 aromatic heterocycles. The molecule has 0 spiro atoms. The van der Waals surface area contributed by atoms with Crippen molar-refractivity contribution in [2.24, 2.45) is 11.7 Å². The maximum absolute atomic E-state index is 12.9. The lowest BCUT2D eigenvalue weighted by atomic mass is 10.00. The second-order valence-electron chi connectivity index (χ2n) is 13.7. The topological polar surface area (TPSA) is 222 Å². The van der Waals surface area contributed by atoms with Crippen molar-refractivity contribution in [3.8, 4) is 17.2 Å². The van der Waals surface area contributed by atoms with E-state index in [4.69, 9.17) is 29.1 Å². The van der Waals surface area contributed by atoms with Gasteiger partial charge in [-0.1, -0.05) is 44.2 Å². The molecule has 0 fully saturated rings. The molecule has 0 aliphatic heterocycles. The number of hydrogen-bond donors (Lipinski definition) is 5. The summed E-state index contributed by atoms with van der Waals surface area (Å²) in [5, 5.41) is 18.8. The summed E-state index contributed by atoms with van der Waals surface area (Å²) in [6, 6.07) is 19.8. The Kier molecular flexibility index (Phi) is 17.1. The van der Waals surface area contributed by atoms with Gasteiger partial charge in [-0.05, 0) is 66.8 Å². The average molecular weight is 798 g/mol. The zero-order chi connectivity index (χ0) is 41.1. The van der Waals surface area contributed by atoms with E-state index in [9.17, 15) is 19.5 Å². The Morgan fingerprint density at radius 3 is 2.28 bits per heavy atom. The number of anilines is 1. The van der Waals surface area contributed by atoms with E-state index in [2.05, 4.69) is 30.9 Å². The number of oxazole rings is 1. The molecule has 0 bridgehead atoms. The smallest absolute Gasteiger partial charge is 0.274 e. The summed E-state index contributed by atoms with van der Waals surface area (Å²) >= 11 is 0. The van der Waals surface area contributed by atoms with E-state index in [0.29, 0.717) is 74.3 Å². The van der Waals surface area contributed by atoms with Crippen molar-refractivity contribution in [2.75, 3.05) is 58.1 Å². The fraction of sp³-hybridized carbons (Fsp3) is 0.381. The standard InChI is InChI=1S/C42H51N7O9/c1-28(2)23-36(48-41(53)38(50)33(43)24-29-7-4-3-5-8-29)39(51)45-15-16-54-17-18-55-19-20-56-21-22-57-32-11-12-34(46-27-32)40(52)47-31-10-13-37-35(25-31)49-42(58-37)30-9-6-14-44-26-30/h3-14,25-28,33,36,38,50H,15-24,43H2,1-2H3,(H,45,51)(H,47,52)(H,48,53). The van der Waals surface area contributed by atoms with Crippen molar-refractivity contribution in [3.63, 3.8) is 0 Å². The molecule has 3 amide bonds. The number of nitrogens with zero attached hydrogens (tertiary/aromatic N) is 3. The van der Waals surface area contributed by atoms with Gasteiger partial charge in [-0.15, -0.1) is 0 Å². The Labute approximate surface area is 336 Å². The molecule has 3 unspecified atom stereocenters. The Balaban J connectivity index is 0.880. The van der Waals surface area contributed by atoms with Gasteiger partial charge >= 0.3 is 0 Å². The number of aliphatic hydroxyl groups is 1. The highest BCUT2D eigenvalue weighted by Crippen LogP contribution is 2.26. The van der Waals surface area contributed by atoms with Gasteiger partial charge in [-0.25, -0.2) is 9.97 Å². The van der Waals surface area contributed by atoms with Crippen LogP contribution in [0.4, 0.5) is 5.69 Å². The lowest BCUT2D eigenvalue weighted by Crippen LogP contribution is -2.54. The zero-order valence-electron chi connectivity index (χ0n) is 32.7. The van der Waals surface area contributed by atoms with E-state index >= 15 is 0 Å². The van der Waals surface area contributed by atoms with Crippen LogP contribution in [-0.4, -0.2) is 109 Å². The van der Waals surface area contributed by atoms with Crippen LogP contribution >= 0.6 is 0 Å². The Bertz CT molecular complexity index is 2010. The van der Waals surface area contributed by atoms with Crippen LogP contribution in [0.15, 0.2) is 95.8 Å². The normalized spacial score (nSPS) is 12.8. The molecule has 5 aromatic rings. The van der Waals surface area contributed by atoms with Crippen molar-refractivity contribution < 1.29 is 42.9 Å². The average Bonchev–Trinajstić information content (AvgIpc) is 3.66. The van der Waals surface area contributed by atoms with E-state index in [1.807, 2.05) is 50.2 Å². The van der Waals surface area contributed by atoms with Crippen LogP contribution in [0.2, 0.25) is 0 Å². The first-order valence-electron chi connectivity index (χ1n) is 19.2. The minimum Gasteiger partial charge on any atom is -0.490 e. The van der Waals surface area contributed by atoms with Crippen molar-refractivity contribution in [2.45, 2.75) is 44.9 Å². The number of aromatic nitrogens is 3. The van der Waals surface area contributed by atoms with Crippen LogP contribution in [0.25, 0.3) is 22.6 Å². The maximum Gasteiger partial charge on any atom is 0.274 e. The van der Waals surface area contributed by atoms with Gasteiger partial charge in [0, 0.05) is 30.7 Å². The molecule has 0 saturated carbocycles. The zero-order valence-corrected chi connectivity index (χ0v) is 32.7. The second-order valence-corrected chi connectivity index (χ2v) is 13.7. The van der Waals surface area contributed by atoms with Crippen molar-refractivity contribution in [3.05, 3.63) is 103 Å². The fourth-order valence-electron chi connectivity index (χ4n) is 5.70. The highest BCUT2D eigenvalue weighted by Gasteiger charge is 2.28. The number of rotatable bonds is 24. The highest BCUT2D eigenvalue weighted by atomic mass is 16.6. The van der Waals surface area contributed by atoms with Gasteiger partial charge in [0.25, 0.3) is 11.8 Å². The fourth-order valence-corrected chi connectivity index (χ4v) is 5.70. The van der Waals surface area contributed by atoms with Crippen LogP contribution in [0, 0.1) is 5.92 Å². The number of amides is 3. The van der Waals surface area contributed by atoms with Gasteiger partial charge in [-0.2, -0.15) is 0 Å². The molecule has 58 heavy (non-hydrogen) atoms. The number of fused-ring (bicyclic) bond motifs is 1. The third kappa shape index (κ3) is 14.0. The molecule has 3 heterocycles. The molecule has 0 aliphatic carbocycles. The van der Waals surface area contributed by atoms with E-state index < -0.39 is 24.1 Å². The Morgan fingerprint density at radius 2 is 1.59 bits per heavy atom. The molecule has 0 radical (unpaired) electrons. The molecule has 16 heteroatoms. The van der Waals surface area contributed by atoms with E-state index in [1.165, 1.54) is 6.20 Å². The molecule has 0 aliphatic rings. The molecule has 2 aromatic carbocycles. The van der Waals surface area contributed by atoms with Gasteiger partial charge in [0.1, 0.15) is 35.7 Å². The highest BCUT2D eigenvalue weighted by molar-refractivity contribution is 6.03. The predicted molar refractivity (Wildman–Crippen MR) is 216 cm³/mol. The molecule has 3 atom stereocenters. The second kappa shape index (κ2) is 22.8. The molecule has 0 saturated heterocycles. The molecule has 16 nitrogen and oxygen atoms in total. The molecule has 5 rings (SSSR count). The third-order valence-electron chi connectivity index (χ3n) is 8.64. The van der Waals surface area contributed by atoms with Crippen LogP contribution in [-0.2, 0) is 30.2 Å². The summed E-state index contributed by atoms with van der Waals surface area (Å²) < 4.78 is 28.1. The summed E-state index contributed by atoms with van der Waals surface area (Å²) in [5.41, 5.74) is 9.71. The number of hydrogen-bond acceptors (Lipinski definition) is 13. The first-order chi connectivity index (χ1) is 28.2. The summed E-state index contributed by atoms with van der Waals surface area (Å²) in [4.78, 5) is 51.2. The van der Waals surface area contributed by atoms with Gasteiger partial charge in [0.2, 0.25) is 11.8 Å².